The molecule has 0 bridgehead atoms. The maximum atomic E-state index is 13.3. The molecule has 1 atom stereocenters. The fourth-order valence-corrected chi connectivity index (χ4v) is 4.25. The third-order valence-corrected chi connectivity index (χ3v) is 6.30. The van der Waals surface area contributed by atoms with Gasteiger partial charge in [0.05, 0.1) is 26.2 Å². The second-order valence-electron chi connectivity index (χ2n) is 8.39. The standard InChI is InChI=1S/C27H26N2O5/c1-17(18-7-8-20-16-21(32-2)10-9-19(20)15-18)26(30)28-24-22-5-3-4-6-23(22)34-25(24)27(31)29-11-13-33-14-12-29/h3-10,15-17H,11-14H2,1-2H3,(H,28,30)/t17-/m0/s1. The van der Waals surface area contributed by atoms with Crippen LogP contribution in [0.15, 0.2) is 65.1 Å². The van der Waals surface area contributed by atoms with Crippen LogP contribution in [0.2, 0.25) is 0 Å². The fourth-order valence-electron chi connectivity index (χ4n) is 4.25. The van der Waals surface area contributed by atoms with Crippen molar-refractivity contribution in [3.05, 3.63) is 72.0 Å². The Morgan fingerprint density at radius 3 is 2.53 bits per heavy atom. The quantitative estimate of drug-likeness (QED) is 0.464. The fraction of sp³-hybridized carbons (Fsp3) is 0.259. The molecule has 2 amide bonds. The summed E-state index contributed by atoms with van der Waals surface area (Å²) in [6.45, 7) is 3.80. The summed E-state index contributed by atoms with van der Waals surface area (Å²) in [5, 5.41) is 5.75. The lowest BCUT2D eigenvalue weighted by Crippen LogP contribution is -2.40. The number of carbonyl (C=O) groups excluding carboxylic acids is 2. The van der Waals surface area contributed by atoms with E-state index >= 15 is 0 Å². The van der Waals surface area contributed by atoms with E-state index in [1.54, 1.807) is 18.1 Å². The third-order valence-electron chi connectivity index (χ3n) is 6.30. The van der Waals surface area contributed by atoms with Gasteiger partial charge in [0.25, 0.3) is 5.91 Å². The van der Waals surface area contributed by atoms with Gasteiger partial charge in [0.1, 0.15) is 17.0 Å². The normalized spacial score (nSPS) is 14.8. The first-order valence-electron chi connectivity index (χ1n) is 11.3. The van der Waals surface area contributed by atoms with E-state index in [1.807, 2.05) is 61.5 Å². The molecule has 0 radical (unpaired) electrons. The summed E-state index contributed by atoms with van der Waals surface area (Å²) in [7, 11) is 1.64. The van der Waals surface area contributed by atoms with E-state index in [0.29, 0.717) is 43.0 Å². The van der Waals surface area contributed by atoms with E-state index in [-0.39, 0.29) is 17.6 Å². The van der Waals surface area contributed by atoms with Crippen molar-refractivity contribution in [2.75, 3.05) is 38.7 Å². The second kappa shape index (κ2) is 9.19. The highest BCUT2D eigenvalue weighted by Gasteiger charge is 2.28. The molecule has 4 aromatic rings. The number of anilines is 1. The number of amides is 2. The van der Waals surface area contributed by atoms with Gasteiger partial charge in [-0.1, -0.05) is 36.4 Å². The molecule has 2 heterocycles. The molecule has 7 heteroatoms. The first-order chi connectivity index (χ1) is 16.5. The molecule has 0 unspecified atom stereocenters. The van der Waals surface area contributed by atoms with Gasteiger partial charge in [0.2, 0.25) is 11.7 Å². The topological polar surface area (TPSA) is 81.0 Å². The van der Waals surface area contributed by atoms with Crippen molar-refractivity contribution in [1.82, 2.24) is 4.90 Å². The average molecular weight is 459 g/mol. The summed E-state index contributed by atoms with van der Waals surface area (Å²) in [4.78, 5) is 28.2. The number of ether oxygens (including phenoxy) is 2. The molecule has 1 saturated heterocycles. The maximum Gasteiger partial charge on any atom is 0.291 e. The Kier molecular flexibility index (Phi) is 5.94. The van der Waals surface area contributed by atoms with E-state index in [1.165, 1.54) is 0 Å². The van der Waals surface area contributed by atoms with Crippen LogP contribution in [0.4, 0.5) is 5.69 Å². The van der Waals surface area contributed by atoms with Crippen LogP contribution in [-0.2, 0) is 9.53 Å². The third kappa shape index (κ3) is 4.10. The highest BCUT2D eigenvalue weighted by Crippen LogP contribution is 2.33. The predicted molar refractivity (Wildman–Crippen MR) is 130 cm³/mol. The van der Waals surface area contributed by atoms with Gasteiger partial charge in [-0.2, -0.15) is 0 Å². The zero-order chi connectivity index (χ0) is 23.7. The van der Waals surface area contributed by atoms with Crippen molar-refractivity contribution in [2.45, 2.75) is 12.8 Å². The van der Waals surface area contributed by atoms with Crippen molar-refractivity contribution in [3.8, 4) is 5.75 Å². The summed E-state index contributed by atoms with van der Waals surface area (Å²) in [6, 6.07) is 19.1. The molecule has 0 spiro atoms. The molecule has 7 nitrogen and oxygen atoms in total. The van der Waals surface area contributed by atoms with Crippen LogP contribution in [0.1, 0.15) is 29.0 Å². The van der Waals surface area contributed by atoms with Crippen LogP contribution < -0.4 is 10.1 Å². The second-order valence-corrected chi connectivity index (χ2v) is 8.39. The molecule has 1 aliphatic heterocycles. The van der Waals surface area contributed by atoms with Gasteiger partial charge >= 0.3 is 0 Å². The summed E-state index contributed by atoms with van der Waals surface area (Å²) >= 11 is 0. The minimum absolute atomic E-state index is 0.147. The Labute approximate surface area is 197 Å². The minimum atomic E-state index is -0.438. The lowest BCUT2D eigenvalue weighted by atomic mass is 9.97. The summed E-state index contributed by atoms with van der Waals surface area (Å²) < 4.78 is 16.6. The number of carbonyl (C=O) groups is 2. The molecule has 5 rings (SSSR count). The molecule has 1 aromatic heterocycles. The Morgan fingerprint density at radius 1 is 1.00 bits per heavy atom. The van der Waals surface area contributed by atoms with E-state index in [4.69, 9.17) is 13.9 Å². The molecule has 1 fully saturated rings. The van der Waals surface area contributed by atoms with Gasteiger partial charge in [0.15, 0.2) is 0 Å². The number of hydrogen-bond donors (Lipinski definition) is 1. The summed E-state index contributed by atoms with van der Waals surface area (Å²) in [6.07, 6.45) is 0. The number of rotatable bonds is 5. The number of para-hydroxylation sites is 1. The van der Waals surface area contributed by atoms with Crippen LogP contribution in [-0.4, -0.2) is 50.1 Å². The lowest BCUT2D eigenvalue weighted by molar-refractivity contribution is -0.117. The van der Waals surface area contributed by atoms with Gasteiger partial charge in [0, 0.05) is 18.5 Å². The first-order valence-corrected chi connectivity index (χ1v) is 11.3. The summed E-state index contributed by atoms with van der Waals surface area (Å²) in [5.74, 6) is 0.0358. The number of nitrogens with one attached hydrogen (secondary N) is 1. The molecule has 0 saturated carbocycles. The maximum absolute atomic E-state index is 13.3. The van der Waals surface area contributed by atoms with Gasteiger partial charge in [-0.05, 0) is 47.5 Å². The predicted octanol–water partition coefficient (Wildman–Crippen LogP) is 4.81. The van der Waals surface area contributed by atoms with E-state index < -0.39 is 5.92 Å². The van der Waals surface area contributed by atoms with Crippen LogP contribution in [0.5, 0.6) is 5.75 Å². The number of morpholine rings is 1. The van der Waals surface area contributed by atoms with Crippen molar-refractivity contribution >= 4 is 39.2 Å². The Bertz CT molecular complexity index is 1370. The van der Waals surface area contributed by atoms with Gasteiger partial charge in [-0.15, -0.1) is 0 Å². The SMILES string of the molecule is COc1ccc2cc([C@H](C)C(=O)Nc3c(C(=O)N4CCOCC4)oc4ccccc34)ccc2c1. The van der Waals surface area contributed by atoms with Crippen molar-refractivity contribution < 1.29 is 23.5 Å². The molecule has 1 N–H and O–H groups in total. The minimum Gasteiger partial charge on any atom is -0.497 e. The van der Waals surface area contributed by atoms with Crippen LogP contribution >= 0.6 is 0 Å². The highest BCUT2D eigenvalue weighted by molar-refractivity contribution is 6.11. The average Bonchev–Trinajstić information content (AvgIpc) is 3.25. The first kappa shape index (κ1) is 22.0. The zero-order valence-corrected chi connectivity index (χ0v) is 19.2. The van der Waals surface area contributed by atoms with Crippen molar-refractivity contribution in [3.63, 3.8) is 0 Å². The number of benzene rings is 3. The molecule has 174 valence electrons. The van der Waals surface area contributed by atoms with Crippen LogP contribution in [0.3, 0.4) is 0 Å². The molecule has 1 aliphatic rings. The van der Waals surface area contributed by atoms with Crippen LogP contribution in [0, 0.1) is 0 Å². The Morgan fingerprint density at radius 2 is 1.74 bits per heavy atom. The van der Waals surface area contributed by atoms with E-state index in [9.17, 15) is 9.59 Å². The summed E-state index contributed by atoms with van der Waals surface area (Å²) in [5.41, 5.74) is 1.85. The molecule has 34 heavy (non-hydrogen) atoms. The van der Waals surface area contributed by atoms with E-state index in [2.05, 4.69) is 5.32 Å². The van der Waals surface area contributed by atoms with Gasteiger partial charge < -0.3 is 24.1 Å². The Balaban J connectivity index is 1.44. The van der Waals surface area contributed by atoms with E-state index in [0.717, 1.165) is 22.1 Å². The number of nitrogens with zero attached hydrogens (tertiary/aromatic N) is 1. The largest absolute Gasteiger partial charge is 0.497 e. The smallest absolute Gasteiger partial charge is 0.291 e. The van der Waals surface area contributed by atoms with Crippen LogP contribution in [0.25, 0.3) is 21.7 Å². The highest BCUT2D eigenvalue weighted by atomic mass is 16.5. The lowest BCUT2D eigenvalue weighted by Gasteiger charge is -2.26. The van der Waals surface area contributed by atoms with Crippen molar-refractivity contribution in [1.29, 1.82) is 0 Å². The van der Waals surface area contributed by atoms with Crippen molar-refractivity contribution in [2.24, 2.45) is 0 Å². The molecular weight excluding hydrogens is 432 g/mol. The number of hydrogen-bond acceptors (Lipinski definition) is 5. The van der Waals surface area contributed by atoms with Gasteiger partial charge in [-0.25, -0.2) is 0 Å². The number of fused-ring (bicyclic) bond motifs is 2. The number of furan rings is 1. The molecular formula is C27H26N2O5. The molecule has 3 aromatic carbocycles. The number of methoxy groups -OCH3 is 1. The van der Waals surface area contributed by atoms with Gasteiger partial charge in [-0.3, -0.25) is 9.59 Å². The zero-order valence-electron chi connectivity index (χ0n) is 19.2. The Hall–Kier alpha value is -3.84. The molecule has 0 aliphatic carbocycles. The monoisotopic (exact) mass is 458 g/mol.